The molecule has 0 unspecified atom stereocenters. The maximum Gasteiger partial charge on any atom is 0.255 e. The number of carbonyl (C=O) groups excluding carboxylic acids is 1. The third-order valence-corrected chi connectivity index (χ3v) is 6.00. The first-order chi connectivity index (χ1) is 13.8. The van der Waals surface area contributed by atoms with Gasteiger partial charge in [-0.25, -0.2) is 18.5 Å². The minimum atomic E-state index is -3.91. The van der Waals surface area contributed by atoms with Crippen LogP contribution in [0.3, 0.4) is 0 Å². The van der Waals surface area contributed by atoms with E-state index >= 15 is 0 Å². The number of methoxy groups -OCH3 is 1. The third kappa shape index (κ3) is 5.20. The summed E-state index contributed by atoms with van der Waals surface area (Å²) < 4.78 is 28.2. The average Bonchev–Trinajstić information content (AvgIpc) is 3.13. The first-order valence-corrected chi connectivity index (χ1v) is 11.2. The maximum absolute atomic E-state index is 12.5. The number of aromatic nitrogens is 1. The Bertz CT molecular complexity index is 1120. The number of rotatable bonds is 7. The summed E-state index contributed by atoms with van der Waals surface area (Å²) in [7, 11) is -2.50. The highest BCUT2D eigenvalue weighted by atomic mass is 32.2. The van der Waals surface area contributed by atoms with Gasteiger partial charge in [0, 0.05) is 17.5 Å². The quantitative estimate of drug-likeness (QED) is 0.597. The van der Waals surface area contributed by atoms with E-state index in [4.69, 9.17) is 9.88 Å². The van der Waals surface area contributed by atoms with Crippen LogP contribution in [0, 0.1) is 6.92 Å². The molecule has 0 aliphatic heterocycles. The van der Waals surface area contributed by atoms with E-state index in [9.17, 15) is 13.2 Å². The number of ether oxygens (including phenoxy) is 1. The lowest BCUT2D eigenvalue weighted by molar-refractivity contribution is 0.0951. The van der Waals surface area contributed by atoms with E-state index in [2.05, 4.69) is 10.3 Å². The van der Waals surface area contributed by atoms with Gasteiger partial charge in [-0.15, -0.1) is 11.3 Å². The topological polar surface area (TPSA) is 111 Å². The van der Waals surface area contributed by atoms with E-state index in [0.717, 1.165) is 21.8 Å². The minimum Gasteiger partial charge on any atom is -0.496 e. The summed E-state index contributed by atoms with van der Waals surface area (Å²) in [6, 6.07) is 11.9. The van der Waals surface area contributed by atoms with Crippen molar-refractivity contribution in [2.75, 3.05) is 13.7 Å². The molecule has 0 fully saturated rings. The van der Waals surface area contributed by atoms with E-state index in [-0.39, 0.29) is 16.2 Å². The van der Waals surface area contributed by atoms with E-state index in [0.29, 0.717) is 13.0 Å². The smallest absolute Gasteiger partial charge is 0.255 e. The van der Waals surface area contributed by atoms with E-state index in [1.807, 2.05) is 36.6 Å². The standard InChI is InChI=1S/C20H21N3O4S2/c1-13-23-18(12-28-13)15-5-3-14(4-6-15)9-10-22-20(24)17-11-16(29(21,25)26)7-8-19(17)27-2/h3-8,11-12H,9-10H2,1-2H3,(H,22,24)(H2,21,25,26). The van der Waals surface area contributed by atoms with Crippen molar-refractivity contribution in [1.29, 1.82) is 0 Å². The second-order valence-corrected chi connectivity index (χ2v) is 8.99. The summed E-state index contributed by atoms with van der Waals surface area (Å²) >= 11 is 1.61. The predicted octanol–water partition coefficient (Wildman–Crippen LogP) is 2.75. The molecule has 2 aromatic carbocycles. The van der Waals surface area contributed by atoms with Crippen molar-refractivity contribution in [1.82, 2.24) is 10.3 Å². The number of nitrogens with two attached hydrogens (primary N) is 1. The number of sulfonamides is 1. The summed E-state index contributed by atoms with van der Waals surface area (Å²) in [5.41, 5.74) is 3.18. The predicted molar refractivity (Wildman–Crippen MR) is 113 cm³/mol. The Morgan fingerprint density at radius 3 is 2.52 bits per heavy atom. The van der Waals surface area contributed by atoms with Crippen molar-refractivity contribution in [3.8, 4) is 17.0 Å². The van der Waals surface area contributed by atoms with Crippen LogP contribution in [0.2, 0.25) is 0 Å². The SMILES string of the molecule is COc1ccc(S(N)(=O)=O)cc1C(=O)NCCc1ccc(-c2csc(C)n2)cc1. The van der Waals surface area contributed by atoms with Gasteiger partial charge in [-0.05, 0) is 37.1 Å². The fourth-order valence-corrected chi connectivity index (χ4v) is 3.96. The first kappa shape index (κ1) is 21.0. The molecule has 3 rings (SSSR count). The van der Waals surface area contributed by atoms with Crippen LogP contribution < -0.4 is 15.2 Å². The second kappa shape index (κ2) is 8.73. The summed E-state index contributed by atoms with van der Waals surface area (Å²) in [4.78, 5) is 16.8. The third-order valence-electron chi connectivity index (χ3n) is 4.31. The number of amides is 1. The molecule has 152 valence electrons. The molecule has 0 aliphatic rings. The lowest BCUT2D eigenvalue weighted by atomic mass is 10.1. The lowest BCUT2D eigenvalue weighted by Gasteiger charge is -2.11. The number of aryl methyl sites for hydroxylation is 1. The van der Waals surface area contributed by atoms with Gasteiger partial charge in [-0.1, -0.05) is 24.3 Å². The van der Waals surface area contributed by atoms with Crippen molar-refractivity contribution in [2.24, 2.45) is 5.14 Å². The number of benzene rings is 2. The number of nitrogens with one attached hydrogen (secondary N) is 1. The molecule has 1 amide bonds. The molecule has 29 heavy (non-hydrogen) atoms. The van der Waals surface area contributed by atoms with Crippen molar-refractivity contribution in [2.45, 2.75) is 18.2 Å². The van der Waals surface area contributed by atoms with Crippen LogP contribution in [0.15, 0.2) is 52.7 Å². The molecule has 3 N–H and O–H groups in total. The summed E-state index contributed by atoms with van der Waals surface area (Å²) in [6.45, 7) is 2.36. The summed E-state index contributed by atoms with van der Waals surface area (Å²) in [5.74, 6) is -0.153. The zero-order valence-electron chi connectivity index (χ0n) is 16.0. The highest BCUT2D eigenvalue weighted by Gasteiger charge is 2.17. The first-order valence-electron chi connectivity index (χ1n) is 8.78. The van der Waals surface area contributed by atoms with Crippen LogP contribution >= 0.6 is 11.3 Å². The molecule has 0 saturated carbocycles. The second-order valence-electron chi connectivity index (χ2n) is 6.36. The maximum atomic E-state index is 12.5. The van der Waals surface area contributed by atoms with Gasteiger partial charge in [0.15, 0.2) is 0 Å². The Morgan fingerprint density at radius 1 is 1.21 bits per heavy atom. The summed E-state index contributed by atoms with van der Waals surface area (Å²) in [6.07, 6.45) is 0.624. The normalized spacial score (nSPS) is 11.3. The zero-order chi connectivity index (χ0) is 21.0. The van der Waals surface area contributed by atoms with E-state index in [1.165, 1.54) is 25.3 Å². The molecular weight excluding hydrogens is 410 g/mol. The zero-order valence-corrected chi connectivity index (χ0v) is 17.6. The Labute approximate surface area is 173 Å². The van der Waals surface area contributed by atoms with Gasteiger partial charge in [0.25, 0.3) is 5.91 Å². The van der Waals surface area contributed by atoms with Crippen molar-refractivity contribution in [3.05, 3.63) is 64.0 Å². The van der Waals surface area contributed by atoms with Gasteiger partial charge in [-0.2, -0.15) is 0 Å². The molecule has 0 spiro atoms. The molecular formula is C20H21N3O4S2. The molecule has 0 aliphatic carbocycles. The van der Waals surface area contributed by atoms with Crippen molar-refractivity contribution in [3.63, 3.8) is 0 Å². The van der Waals surface area contributed by atoms with Gasteiger partial charge in [-0.3, -0.25) is 4.79 Å². The molecule has 0 bridgehead atoms. The number of thiazole rings is 1. The highest BCUT2D eigenvalue weighted by molar-refractivity contribution is 7.89. The van der Waals surface area contributed by atoms with Gasteiger partial charge in [0.05, 0.1) is 28.3 Å². The highest BCUT2D eigenvalue weighted by Crippen LogP contribution is 2.23. The molecule has 0 saturated heterocycles. The van der Waals surface area contributed by atoms with Crippen LogP contribution in [0.1, 0.15) is 20.9 Å². The average molecular weight is 432 g/mol. The fourth-order valence-electron chi connectivity index (χ4n) is 2.80. The van der Waals surface area contributed by atoms with Gasteiger partial charge >= 0.3 is 0 Å². The molecule has 1 heterocycles. The largest absolute Gasteiger partial charge is 0.496 e. The van der Waals surface area contributed by atoms with Gasteiger partial charge < -0.3 is 10.1 Å². The monoisotopic (exact) mass is 431 g/mol. The number of nitrogens with zero attached hydrogens (tertiary/aromatic N) is 1. The summed E-state index contributed by atoms with van der Waals surface area (Å²) in [5, 5.41) is 11.0. The Morgan fingerprint density at radius 2 is 1.93 bits per heavy atom. The van der Waals surface area contributed by atoms with Crippen LogP contribution in [0.25, 0.3) is 11.3 Å². The molecule has 0 atom stereocenters. The van der Waals surface area contributed by atoms with Crippen molar-refractivity contribution >= 4 is 27.3 Å². The molecule has 7 nitrogen and oxygen atoms in total. The Kier molecular flexibility index (Phi) is 6.31. The van der Waals surface area contributed by atoms with Crippen LogP contribution in [0.5, 0.6) is 5.75 Å². The molecule has 1 aromatic heterocycles. The number of hydrogen-bond donors (Lipinski definition) is 2. The van der Waals surface area contributed by atoms with Gasteiger partial charge in [0.2, 0.25) is 10.0 Å². The lowest BCUT2D eigenvalue weighted by Crippen LogP contribution is -2.26. The van der Waals surface area contributed by atoms with Gasteiger partial charge in [0.1, 0.15) is 5.75 Å². The number of primary sulfonamides is 1. The molecule has 0 radical (unpaired) electrons. The van der Waals surface area contributed by atoms with E-state index in [1.54, 1.807) is 11.3 Å². The minimum absolute atomic E-state index is 0.119. The molecule has 9 heteroatoms. The Hall–Kier alpha value is -2.75. The van der Waals surface area contributed by atoms with Crippen LogP contribution in [-0.2, 0) is 16.4 Å². The van der Waals surface area contributed by atoms with Crippen LogP contribution in [0.4, 0.5) is 0 Å². The molecule has 3 aromatic rings. The fraction of sp³-hybridized carbons (Fsp3) is 0.200. The van der Waals surface area contributed by atoms with Crippen LogP contribution in [-0.4, -0.2) is 33.0 Å². The number of carbonyl (C=O) groups is 1. The van der Waals surface area contributed by atoms with Crippen molar-refractivity contribution < 1.29 is 17.9 Å². The Balaban J connectivity index is 1.64. The van der Waals surface area contributed by atoms with E-state index < -0.39 is 15.9 Å². The number of hydrogen-bond acceptors (Lipinski definition) is 6.